The number of aliphatic imine (C=N–C) groups is 1. The van der Waals surface area contributed by atoms with Crippen LogP contribution in [0.2, 0.25) is 0 Å². The van der Waals surface area contributed by atoms with E-state index in [0.717, 1.165) is 29.0 Å². The molecule has 0 saturated carbocycles. The van der Waals surface area contributed by atoms with E-state index in [0.29, 0.717) is 52.2 Å². The number of carbonyl (C=O) groups excluding carboxylic acids is 2. The SMILES string of the molecule is CCOC(=O)c1ccc2c(C(=Nc3ccc(N(CC(=O)N4CCCC4)S(C)(=O)=O)cc3)c3ccccc3)c(O)[nH]c2c1. The van der Waals surface area contributed by atoms with Crippen LogP contribution in [0.15, 0.2) is 77.8 Å². The molecule has 0 unspecified atom stereocenters. The number of carbonyl (C=O) groups is 2. The van der Waals surface area contributed by atoms with Gasteiger partial charge in [-0.3, -0.25) is 9.10 Å². The summed E-state index contributed by atoms with van der Waals surface area (Å²) in [5, 5.41) is 11.7. The molecule has 5 rings (SSSR count). The van der Waals surface area contributed by atoms with Gasteiger partial charge in [-0.05, 0) is 56.2 Å². The molecule has 1 aliphatic heterocycles. The van der Waals surface area contributed by atoms with E-state index in [1.807, 2.05) is 30.3 Å². The van der Waals surface area contributed by atoms with E-state index in [9.17, 15) is 23.1 Å². The molecule has 10 nitrogen and oxygen atoms in total. The number of fused-ring (bicyclic) bond motifs is 1. The molecule has 0 aliphatic carbocycles. The minimum atomic E-state index is -3.72. The number of hydrogen-bond donors (Lipinski definition) is 2. The number of sulfonamides is 1. The molecule has 1 aliphatic rings. The Hall–Kier alpha value is -4.64. The number of ether oxygens (including phenoxy) is 1. The summed E-state index contributed by atoms with van der Waals surface area (Å²) in [4.78, 5) is 34.5. The number of likely N-dealkylation sites (tertiary alicyclic amines) is 1. The summed E-state index contributed by atoms with van der Waals surface area (Å²) in [5.41, 5.74) is 3.41. The lowest BCUT2D eigenvalue weighted by molar-refractivity contribution is -0.128. The van der Waals surface area contributed by atoms with Gasteiger partial charge in [-0.25, -0.2) is 18.2 Å². The van der Waals surface area contributed by atoms with Crippen molar-refractivity contribution in [1.29, 1.82) is 0 Å². The van der Waals surface area contributed by atoms with Crippen LogP contribution < -0.4 is 4.31 Å². The predicted molar refractivity (Wildman–Crippen MR) is 162 cm³/mol. The smallest absolute Gasteiger partial charge is 0.338 e. The van der Waals surface area contributed by atoms with Crippen LogP contribution in [0.25, 0.3) is 10.9 Å². The Kier molecular flexibility index (Phi) is 8.30. The number of amides is 1. The van der Waals surface area contributed by atoms with E-state index in [2.05, 4.69) is 4.98 Å². The summed E-state index contributed by atoms with van der Waals surface area (Å²) in [7, 11) is -3.72. The van der Waals surface area contributed by atoms with Crippen LogP contribution in [0.1, 0.15) is 41.3 Å². The first-order chi connectivity index (χ1) is 20.2. The van der Waals surface area contributed by atoms with Crippen molar-refractivity contribution >= 4 is 49.9 Å². The molecule has 1 amide bonds. The second kappa shape index (κ2) is 12.1. The predicted octanol–water partition coefficient (Wildman–Crippen LogP) is 4.61. The van der Waals surface area contributed by atoms with Gasteiger partial charge in [0.1, 0.15) is 6.54 Å². The monoisotopic (exact) mass is 588 g/mol. The summed E-state index contributed by atoms with van der Waals surface area (Å²) < 4.78 is 31.4. The third kappa shape index (κ3) is 6.15. The number of benzene rings is 3. The average Bonchev–Trinajstić information content (AvgIpc) is 3.62. The minimum absolute atomic E-state index is 0.117. The third-order valence-corrected chi connectivity index (χ3v) is 8.23. The standard InChI is InChI=1S/C31H32N4O6S/c1-3-41-31(38)22-11-16-25-26(19-22)33-30(37)28(25)29(21-9-5-4-6-10-21)32-23-12-14-24(15-13-23)35(42(2,39)40)20-27(36)34-17-7-8-18-34/h4-6,9-16,19,33,37H,3,7-8,17-18,20H2,1-2H3. The van der Waals surface area contributed by atoms with Crippen LogP contribution >= 0.6 is 0 Å². The molecular formula is C31H32N4O6S. The number of nitrogens with one attached hydrogen (secondary N) is 1. The molecule has 1 fully saturated rings. The van der Waals surface area contributed by atoms with E-state index in [1.165, 1.54) is 0 Å². The number of aromatic amines is 1. The Morgan fingerprint density at radius 2 is 1.69 bits per heavy atom. The van der Waals surface area contributed by atoms with Crippen molar-refractivity contribution in [2.24, 2.45) is 4.99 Å². The highest BCUT2D eigenvalue weighted by molar-refractivity contribution is 7.92. The second-order valence-corrected chi connectivity index (χ2v) is 11.9. The van der Waals surface area contributed by atoms with Crippen LogP contribution in [0, 0.1) is 0 Å². The number of rotatable bonds is 9. The first kappa shape index (κ1) is 28.9. The molecule has 218 valence electrons. The van der Waals surface area contributed by atoms with Crippen molar-refractivity contribution in [2.75, 3.05) is 36.8 Å². The van der Waals surface area contributed by atoms with Crippen molar-refractivity contribution in [3.05, 3.63) is 89.5 Å². The average molecular weight is 589 g/mol. The first-order valence-electron chi connectivity index (χ1n) is 13.7. The van der Waals surface area contributed by atoms with Crippen molar-refractivity contribution in [3.63, 3.8) is 0 Å². The molecular weight excluding hydrogens is 556 g/mol. The van der Waals surface area contributed by atoms with Crippen LogP contribution in [0.4, 0.5) is 11.4 Å². The van der Waals surface area contributed by atoms with E-state index >= 15 is 0 Å². The minimum Gasteiger partial charge on any atom is -0.494 e. The highest BCUT2D eigenvalue weighted by atomic mass is 32.2. The van der Waals surface area contributed by atoms with Gasteiger partial charge >= 0.3 is 5.97 Å². The summed E-state index contributed by atoms with van der Waals surface area (Å²) in [6.07, 6.45) is 2.91. The Balaban J connectivity index is 1.53. The largest absolute Gasteiger partial charge is 0.494 e. The Morgan fingerprint density at radius 3 is 2.33 bits per heavy atom. The topological polar surface area (TPSA) is 132 Å². The third-order valence-electron chi connectivity index (χ3n) is 7.09. The zero-order valence-electron chi connectivity index (χ0n) is 23.4. The lowest BCUT2D eigenvalue weighted by Crippen LogP contribution is -2.41. The van der Waals surface area contributed by atoms with Crippen molar-refractivity contribution in [2.45, 2.75) is 19.8 Å². The molecule has 0 atom stereocenters. The van der Waals surface area contributed by atoms with Gasteiger partial charge < -0.3 is 19.7 Å². The van der Waals surface area contributed by atoms with Gasteiger partial charge in [0.25, 0.3) is 0 Å². The number of aromatic nitrogens is 1. The molecule has 0 spiro atoms. The fraction of sp³-hybridized carbons (Fsp3) is 0.258. The zero-order valence-corrected chi connectivity index (χ0v) is 24.2. The van der Waals surface area contributed by atoms with Crippen molar-refractivity contribution in [1.82, 2.24) is 9.88 Å². The van der Waals surface area contributed by atoms with Crippen LogP contribution in [0.3, 0.4) is 0 Å². The van der Waals surface area contributed by atoms with E-state index in [1.54, 1.807) is 54.3 Å². The summed E-state index contributed by atoms with van der Waals surface area (Å²) >= 11 is 0. The van der Waals surface area contributed by atoms with Crippen LogP contribution in [-0.2, 0) is 19.6 Å². The van der Waals surface area contributed by atoms with E-state index in [4.69, 9.17) is 9.73 Å². The lowest BCUT2D eigenvalue weighted by Gasteiger charge is -2.25. The molecule has 0 radical (unpaired) electrons. The van der Waals surface area contributed by atoms with Gasteiger partial charge in [0.05, 0.1) is 41.1 Å². The zero-order chi connectivity index (χ0) is 29.9. The molecule has 4 aromatic rings. The van der Waals surface area contributed by atoms with Gasteiger partial charge in [0, 0.05) is 29.6 Å². The number of nitrogens with zero attached hydrogens (tertiary/aromatic N) is 3. The Bertz CT molecular complexity index is 1740. The first-order valence-corrected chi connectivity index (χ1v) is 15.5. The number of H-pyrrole nitrogens is 1. The fourth-order valence-corrected chi connectivity index (χ4v) is 5.89. The molecule has 3 aromatic carbocycles. The second-order valence-electron chi connectivity index (χ2n) is 10.0. The number of anilines is 1. The number of aromatic hydroxyl groups is 1. The van der Waals surface area contributed by atoms with Crippen molar-refractivity contribution < 1.29 is 27.9 Å². The quantitative estimate of drug-likeness (QED) is 0.217. The molecule has 11 heteroatoms. The maximum atomic E-state index is 12.8. The summed E-state index contributed by atoms with van der Waals surface area (Å²) in [5.74, 6) is -0.807. The maximum Gasteiger partial charge on any atom is 0.338 e. The summed E-state index contributed by atoms with van der Waals surface area (Å²) in [6, 6.07) is 20.9. The fourth-order valence-electron chi connectivity index (χ4n) is 5.04. The molecule has 0 bridgehead atoms. The van der Waals surface area contributed by atoms with Crippen molar-refractivity contribution in [3.8, 4) is 5.88 Å². The van der Waals surface area contributed by atoms with Gasteiger partial charge in [0.15, 0.2) is 5.88 Å². The molecule has 2 N–H and O–H groups in total. The number of esters is 1. The van der Waals surface area contributed by atoms with Gasteiger partial charge in [-0.2, -0.15) is 0 Å². The Morgan fingerprint density at radius 1 is 1.00 bits per heavy atom. The van der Waals surface area contributed by atoms with Gasteiger partial charge in [0.2, 0.25) is 15.9 Å². The normalized spacial score (nSPS) is 13.9. The molecule has 1 aromatic heterocycles. The van der Waals surface area contributed by atoms with Crippen LogP contribution in [-0.4, -0.2) is 73.5 Å². The van der Waals surface area contributed by atoms with Crippen LogP contribution in [0.5, 0.6) is 5.88 Å². The lowest BCUT2D eigenvalue weighted by atomic mass is 10.00. The molecule has 42 heavy (non-hydrogen) atoms. The summed E-state index contributed by atoms with van der Waals surface area (Å²) in [6.45, 7) is 2.98. The van der Waals surface area contributed by atoms with E-state index < -0.39 is 16.0 Å². The van der Waals surface area contributed by atoms with Gasteiger partial charge in [-0.15, -0.1) is 0 Å². The Labute approximate surface area is 244 Å². The molecule has 2 heterocycles. The van der Waals surface area contributed by atoms with E-state index in [-0.39, 0.29) is 24.9 Å². The molecule has 1 saturated heterocycles. The maximum absolute atomic E-state index is 12.8. The van der Waals surface area contributed by atoms with Gasteiger partial charge in [-0.1, -0.05) is 36.4 Å². The number of hydrogen-bond acceptors (Lipinski definition) is 7. The highest BCUT2D eigenvalue weighted by Gasteiger charge is 2.26. The highest BCUT2D eigenvalue weighted by Crippen LogP contribution is 2.33.